The lowest BCUT2D eigenvalue weighted by molar-refractivity contribution is 0.0656. The molecule has 5 nitrogen and oxygen atoms in total. The molecule has 0 aliphatic carbocycles. The Labute approximate surface area is 210 Å². The number of hydrogen-bond donors (Lipinski definition) is 0. The number of carbonyl (C=O) groups is 2. The van der Waals surface area contributed by atoms with Gasteiger partial charge in [-0.1, -0.05) is 59.6 Å². The average Bonchev–Trinajstić information content (AvgIpc) is 3.07. The van der Waals surface area contributed by atoms with E-state index in [2.05, 4.69) is 53.0 Å². The van der Waals surface area contributed by atoms with Crippen LogP contribution in [0.5, 0.6) is 11.5 Å². The molecular weight excluding hydrogens is 454 g/mol. The predicted molar refractivity (Wildman–Crippen MR) is 143 cm³/mol. The maximum Gasteiger partial charge on any atom is 0.261 e. The fourth-order valence-corrected chi connectivity index (χ4v) is 10.7. The molecule has 2 aromatic rings. The van der Waals surface area contributed by atoms with E-state index < -0.39 is 8.07 Å². The zero-order chi connectivity index (χ0) is 25.9. The second-order valence-electron chi connectivity index (χ2n) is 10.1. The lowest BCUT2D eigenvalue weighted by Crippen LogP contribution is -2.43. The molecule has 0 N–H and O–H groups in total. The van der Waals surface area contributed by atoms with Crippen LogP contribution >= 0.6 is 0 Å². The van der Waals surface area contributed by atoms with Crippen LogP contribution < -0.4 is 9.47 Å². The number of methoxy groups -OCH3 is 2. The lowest BCUT2D eigenvalue weighted by Gasteiger charge is -2.38. The first-order chi connectivity index (χ1) is 16.6. The van der Waals surface area contributed by atoms with Crippen molar-refractivity contribution in [3.8, 4) is 23.0 Å². The van der Waals surface area contributed by atoms with Crippen LogP contribution in [0.4, 0.5) is 0 Å². The Morgan fingerprint density at radius 1 is 0.829 bits per heavy atom. The van der Waals surface area contributed by atoms with Gasteiger partial charge in [0.25, 0.3) is 11.8 Å². The van der Waals surface area contributed by atoms with Gasteiger partial charge in [0.1, 0.15) is 8.07 Å². The van der Waals surface area contributed by atoms with Crippen LogP contribution in [0, 0.1) is 11.5 Å². The SMILES string of the molecule is COc1cc(C#C[Si](C(C)C)(C(C)C)C(C)C)c(CCN2C(=O)c3ccccc3C2=O)cc1OC. The normalized spacial score (nSPS) is 13.4. The summed E-state index contributed by atoms with van der Waals surface area (Å²) in [6, 6.07) is 10.8. The molecule has 2 amide bonds. The van der Waals surface area contributed by atoms with Gasteiger partial charge >= 0.3 is 0 Å². The van der Waals surface area contributed by atoms with Crippen LogP contribution in [0.1, 0.15) is 73.4 Å². The van der Waals surface area contributed by atoms with E-state index in [1.165, 1.54) is 4.90 Å². The number of hydrogen-bond acceptors (Lipinski definition) is 4. The Morgan fingerprint density at radius 3 is 1.77 bits per heavy atom. The van der Waals surface area contributed by atoms with E-state index >= 15 is 0 Å². The van der Waals surface area contributed by atoms with Crippen molar-refractivity contribution >= 4 is 19.9 Å². The Bertz CT molecular complexity index is 1120. The number of fused-ring (bicyclic) bond motifs is 1. The van der Waals surface area contributed by atoms with E-state index in [4.69, 9.17) is 9.47 Å². The lowest BCUT2D eigenvalue weighted by atomic mass is 10.0. The van der Waals surface area contributed by atoms with Crippen molar-refractivity contribution in [3.05, 3.63) is 58.7 Å². The predicted octanol–water partition coefficient (Wildman–Crippen LogP) is 6.11. The third-order valence-corrected chi connectivity index (χ3v) is 13.7. The minimum Gasteiger partial charge on any atom is -0.493 e. The van der Waals surface area contributed by atoms with Gasteiger partial charge in [0.15, 0.2) is 11.5 Å². The van der Waals surface area contributed by atoms with E-state index in [0.29, 0.717) is 45.7 Å². The molecule has 0 radical (unpaired) electrons. The third-order valence-electron chi connectivity index (χ3n) is 7.37. The number of rotatable bonds is 8. The summed E-state index contributed by atoms with van der Waals surface area (Å²) in [6.45, 7) is 14.0. The third kappa shape index (κ3) is 4.88. The van der Waals surface area contributed by atoms with Crippen molar-refractivity contribution < 1.29 is 19.1 Å². The average molecular weight is 492 g/mol. The van der Waals surface area contributed by atoms with E-state index in [9.17, 15) is 9.59 Å². The molecule has 6 heteroatoms. The largest absolute Gasteiger partial charge is 0.493 e. The summed E-state index contributed by atoms with van der Waals surface area (Å²) in [6.07, 6.45) is 0.482. The van der Waals surface area contributed by atoms with E-state index in [0.717, 1.165) is 11.1 Å². The van der Waals surface area contributed by atoms with Gasteiger partial charge in [0.05, 0.1) is 25.3 Å². The minimum atomic E-state index is -1.95. The number of ether oxygens (including phenoxy) is 2. The van der Waals surface area contributed by atoms with Crippen molar-refractivity contribution in [2.24, 2.45) is 0 Å². The Morgan fingerprint density at radius 2 is 1.31 bits per heavy atom. The highest BCUT2D eigenvalue weighted by atomic mass is 28.3. The molecule has 1 aliphatic heterocycles. The molecule has 35 heavy (non-hydrogen) atoms. The number of amides is 2. The number of benzene rings is 2. The van der Waals surface area contributed by atoms with Gasteiger partial charge in [-0.3, -0.25) is 14.5 Å². The Balaban J connectivity index is 2.01. The Hall–Kier alpha value is -3.04. The van der Waals surface area contributed by atoms with Crippen LogP contribution in [0.2, 0.25) is 16.6 Å². The molecule has 2 aromatic carbocycles. The molecule has 1 aliphatic rings. The zero-order valence-electron chi connectivity index (χ0n) is 22.2. The molecule has 0 fully saturated rings. The molecule has 0 saturated heterocycles. The summed E-state index contributed by atoms with van der Waals surface area (Å²) in [4.78, 5) is 27.0. The van der Waals surface area contributed by atoms with Crippen LogP contribution in [-0.2, 0) is 6.42 Å². The van der Waals surface area contributed by atoms with Gasteiger partial charge in [-0.15, -0.1) is 5.54 Å². The summed E-state index contributed by atoms with van der Waals surface area (Å²) in [7, 11) is 1.27. The first kappa shape index (κ1) is 26.6. The van der Waals surface area contributed by atoms with Gasteiger partial charge in [-0.25, -0.2) is 0 Å². The molecule has 186 valence electrons. The number of carbonyl (C=O) groups excluding carboxylic acids is 2. The van der Waals surface area contributed by atoms with Crippen molar-refractivity contribution in [3.63, 3.8) is 0 Å². The number of imide groups is 1. The minimum absolute atomic E-state index is 0.246. The fourth-order valence-electron chi connectivity index (χ4n) is 5.53. The van der Waals surface area contributed by atoms with Crippen LogP contribution in [0.25, 0.3) is 0 Å². The van der Waals surface area contributed by atoms with Crippen LogP contribution in [-0.4, -0.2) is 45.6 Å². The van der Waals surface area contributed by atoms with Crippen LogP contribution in [0.3, 0.4) is 0 Å². The monoisotopic (exact) mass is 491 g/mol. The van der Waals surface area contributed by atoms with Crippen molar-refractivity contribution in [1.29, 1.82) is 0 Å². The van der Waals surface area contributed by atoms with E-state index in [1.54, 1.807) is 38.5 Å². The summed E-state index contributed by atoms with van der Waals surface area (Å²) < 4.78 is 11.1. The number of nitrogens with zero attached hydrogens (tertiary/aromatic N) is 1. The fraction of sp³-hybridized carbons (Fsp3) is 0.448. The van der Waals surface area contributed by atoms with Gasteiger partial charge in [0.2, 0.25) is 0 Å². The highest BCUT2D eigenvalue weighted by molar-refractivity contribution is 6.90. The van der Waals surface area contributed by atoms with Crippen LogP contribution in [0.15, 0.2) is 36.4 Å². The molecule has 0 unspecified atom stereocenters. The first-order valence-corrected chi connectivity index (χ1v) is 14.5. The van der Waals surface area contributed by atoms with E-state index in [-0.39, 0.29) is 18.4 Å². The molecule has 0 atom stereocenters. The molecule has 0 aromatic heterocycles. The summed E-state index contributed by atoms with van der Waals surface area (Å²) in [5.74, 6) is 4.26. The highest BCUT2D eigenvalue weighted by Gasteiger charge is 2.41. The van der Waals surface area contributed by atoms with Gasteiger partial charge < -0.3 is 9.47 Å². The van der Waals surface area contributed by atoms with Crippen molar-refractivity contribution in [2.75, 3.05) is 20.8 Å². The van der Waals surface area contributed by atoms with Crippen molar-refractivity contribution in [2.45, 2.75) is 64.6 Å². The summed E-state index contributed by atoms with van der Waals surface area (Å²) in [5.41, 5.74) is 8.04. The van der Waals surface area contributed by atoms with Crippen molar-refractivity contribution in [1.82, 2.24) is 4.90 Å². The quantitative estimate of drug-likeness (QED) is 0.254. The van der Waals surface area contributed by atoms with Gasteiger partial charge in [-0.05, 0) is 52.9 Å². The summed E-state index contributed by atoms with van der Waals surface area (Å²) >= 11 is 0. The molecule has 3 rings (SSSR count). The standard InChI is InChI=1S/C29H37NO4Si/c1-19(2)35(20(3)4,21(5)6)16-14-23-18-27(34-8)26(33-7)17-22(23)13-15-30-28(31)24-11-9-10-12-25(24)29(30)32/h9-12,17-21H,13,15H2,1-8H3. The maximum absolute atomic E-state index is 12.9. The maximum atomic E-state index is 12.9. The van der Waals surface area contributed by atoms with Gasteiger partial charge in [0, 0.05) is 12.1 Å². The zero-order valence-corrected chi connectivity index (χ0v) is 23.2. The molecule has 0 spiro atoms. The highest BCUT2D eigenvalue weighted by Crippen LogP contribution is 2.41. The molecule has 0 saturated carbocycles. The smallest absolute Gasteiger partial charge is 0.261 e. The first-order valence-electron chi connectivity index (χ1n) is 12.3. The Kier molecular flexibility index (Phi) is 8.12. The van der Waals surface area contributed by atoms with E-state index in [1.807, 2.05) is 12.1 Å². The molecule has 1 heterocycles. The second kappa shape index (κ2) is 10.7. The molecular formula is C29H37NO4Si. The topological polar surface area (TPSA) is 55.8 Å². The summed E-state index contributed by atoms with van der Waals surface area (Å²) in [5, 5.41) is 0. The molecule has 0 bridgehead atoms. The van der Waals surface area contributed by atoms with Gasteiger partial charge in [-0.2, -0.15) is 0 Å². The second-order valence-corrected chi connectivity index (χ2v) is 15.6.